The zero-order chi connectivity index (χ0) is 24.0. The summed E-state index contributed by atoms with van der Waals surface area (Å²) in [6, 6.07) is 16.1. The molecule has 2 aliphatic rings. The zero-order valence-corrected chi connectivity index (χ0v) is 18.3. The van der Waals surface area contributed by atoms with Crippen LogP contribution in [0.5, 0.6) is 0 Å². The molecule has 1 saturated carbocycles. The number of hydrogen-bond acceptors (Lipinski definition) is 3. The van der Waals surface area contributed by atoms with Gasteiger partial charge in [0.15, 0.2) is 0 Å². The van der Waals surface area contributed by atoms with E-state index in [1.54, 1.807) is 17.9 Å². The third kappa shape index (κ3) is 3.98. The summed E-state index contributed by atoms with van der Waals surface area (Å²) in [6.07, 6.45) is 0.273. The van der Waals surface area contributed by atoms with Gasteiger partial charge in [0.25, 0.3) is 5.91 Å². The van der Waals surface area contributed by atoms with E-state index < -0.39 is 35.3 Å². The fourth-order valence-electron chi connectivity index (χ4n) is 4.56. The number of hydrogen-bond donors (Lipinski definition) is 1. The Kier molecular flexibility index (Phi) is 5.48. The van der Waals surface area contributed by atoms with Crippen LogP contribution in [-0.4, -0.2) is 11.7 Å². The van der Waals surface area contributed by atoms with Gasteiger partial charge < -0.3 is 10.2 Å². The molecule has 1 amide bonds. The molecule has 34 heavy (non-hydrogen) atoms. The highest BCUT2D eigenvalue weighted by Gasteiger charge is 2.44. The topological polar surface area (TPSA) is 49.4 Å². The molecule has 1 heterocycles. The van der Waals surface area contributed by atoms with Crippen LogP contribution in [0.1, 0.15) is 36.1 Å². The second-order valence-electron chi connectivity index (χ2n) is 8.58. The number of Topliss-reactive ketones (excluding diaryl/α,β-unsaturated/α-hetero) is 1. The number of benzene rings is 3. The van der Waals surface area contributed by atoms with Gasteiger partial charge in [-0.2, -0.15) is 0 Å². The average molecular weight is 462 g/mol. The molecule has 7 heteroatoms. The molecule has 0 radical (unpaired) electrons. The van der Waals surface area contributed by atoms with Crippen molar-refractivity contribution in [1.29, 1.82) is 0 Å². The third-order valence-corrected chi connectivity index (χ3v) is 6.38. The number of fused-ring (bicyclic) bond motifs is 1. The van der Waals surface area contributed by atoms with Crippen molar-refractivity contribution in [3.8, 4) is 0 Å². The van der Waals surface area contributed by atoms with Gasteiger partial charge in [-0.05, 0) is 48.4 Å². The molecule has 0 aromatic heterocycles. The van der Waals surface area contributed by atoms with Gasteiger partial charge in [-0.3, -0.25) is 9.59 Å². The first-order valence-electron chi connectivity index (χ1n) is 10.9. The number of anilines is 1. The molecule has 1 aliphatic carbocycles. The Morgan fingerprint density at radius 3 is 2.41 bits per heavy atom. The smallest absolute Gasteiger partial charge is 0.254 e. The van der Waals surface area contributed by atoms with Crippen molar-refractivity contribution < 1.29 is 22.8 Å². The van der Waals surface area contributed by atoms with Crippen LogP contribution in [0.3, 0.4) is 0 Å². The molecule has 0 saturated heterocycles. The number of amides is 1. The Morgan fingerprint density at radius 1 is 1.00 bits per heavy atom. The summed E-state index contributed by atoms with van der Waals surface area (Å²) < 4.78 is 42.9. The van der Waals surface area contributed by atoms with E-state index in [1.807, 2.05) is 30.3 Å². The summed E-state index contributed by atoms with van der Waals surface area (Å²) in [5, 5.41) is 2.85. The van der Waals surface area contributed by atoms with Crippen molar-refractivity contribution in [2.45, 2.75) is 25.9 Å². The van der Waals surface area contributed by atoms with Crippen molar-refractivity contribution in [2.75, 3.05) is 4.90 Å². The van der Waals surface area contributed by atoms with Crippen LogP contribution >= 0.6 is 0 Å². The van der Waals surface area contributed by atoms with E-state index in [9.17, 15) is 22.8 Å². The Balaban J connectivity index is 1.59. The Labute approximate surface area is 194 Å². The average Bonchev–Trinajstić information content (AvgIpc) is 3.53. The van der Waals surface area contributed by atoms with Crippen LogP contribution in [-0.2, 0) is 16.1 Å². The maximum Gasteiger partial charge on any atom is 0.254 e. The molecule has 1 unspecified atom stereocenters. The fourth-order valence-corrected chi connectivity index (χ4v) is 4.56. The second kappa shape index (κ2) is 8.48. The summed E-state index contributed by atoms with van der Waals surface area (Å²) in [6.45, 7) is 1.84. The molecule has 2 atom stereocenters. The number of carbonyl (C=O) groups excluding carboxylic acids is 2. The van der Waals surface area contributed by atoms with Crippen LogP contribution in [0.25, 0.3) is 5.57 Å². The van der Waals surface area contributed by atoms with E-state index in [-0.39, 0.29) is 35.4 Å². The van der Waals surface area contributed by atoms with E-state index in [0.29, 0.717) is 11.3 Å². The van der Waals surface area contributed by atoms with Gasteiger partial charge in [0.05, 0.1) is 18.2 Å². The third-order valence-electron chi connectivity index (χ3n) is 6.38. The maximum atomic E-state index is 14.8. The Bertz CT molecular complexity index is 1340. The summed E-state index contributed by atoms with van der Waals surface area (Å²) in [4.78, 5) is 27.4. The molecule has 1 N–H and O–H groups in total. The lowest BCUT2D eigenvalue weighted by atomic mass is 9.91. The lowest BCUT2D eigenvalue weighted by molar-refractivity contribution is -0.116. The van der Waals surface area contributed by atoms with Crippen LogP contribution in [0.4, 0.5) is 18.9 Å². The lowest BCUT2D eigenvalue weighted by Crippen LogP contribution is -2.36. The van der Waals surface area contributed by atoms with Crippen molar-refractivity contribution >= 4 is 23.0 Å². The molecule has 5 rings (SSSR count). The van der Waals surface area contributed by atoms with Gasteiger partial charge in [-0.25, -0.2) is 13.2 Å². The molecule has 0 bridgehead atoms. The van der Waals surface area contributed by atoms with Crippen LogP contribution in [0.15, 0.2) is 72.4 Å². The minimum Gasteiger partial charge on any atom is -0.344 e. The minimum absolute atomic E-state index is 0.0349. The molecule has 4 nitrogen and oxygen atoms in total. The molecule has 172 valence electrons. The number of rotatable bonds is 5. The molecule has 3 aromatic rings. The minimum atomic E-state index is -0.790. The number of nitrogens with one attached hydrogen (secondary N) is 1. The van der Waals surface area contributed by atoms with Gasteiger partial charge in [-0.15, -0.1) is 0 Å². The van der Waals surface area contributed by atoms with Crippen LogP contribution in [0, 0.1) is 23.4 Å². The van der Waals surface area contributed by atoms with Gasteiger partial charge in [0.1, 0.15) is 23.2 Å². The number of carbonyl (C=O) groups is 2. The quantitative estimate of drug-likeness (QED) is 0.560. The van der Waals surface area contributed by atoms with E-state index in [1.165, 1.54) is 18.2 Å². The molecule has 0 spiro atoms. The highest BCUT2D eigenvalue weighted by molar-refractivity contribution is 6.22. The number of halogens is 3. The standard InChI is InChI=1S/C27H21F3N2O2/c1-15-25(27(34)31-26(21-13-24(21)33)16-6-5-7-17(28)10-16)20-11-18(29)12-23(30)22(20)14-32(15)19-8-3-2-4-9-19/h2-12,21,26H,13-14H2,1H3,(H,31,34)/t21?,26-/m1/s1. The maximum absolute atomic E-state index is 14.8. The van der Waals surface area contributed by atoms with E-state index in [0.717, 1.165) is 17.8 Å². The fraction of sp³-hybridized carbons (Fsp3) is 0.185. The number of allylic oxidation sites excluding steroid dienone is 1. The van der Waals surface area contributed by atoms with Gasteiger partial charge in [0.2, 0.25) is 0 Å². The summed E-state index contributed by atoms with van der Waals surface area (Å²) in [5.41, 5.74) is 2.20. The van der Waals surface area contributed by atoms with Crippen LogP contribution in [0.2, 0.25) is 0 Å². The van der Waals surface area contributed by atoms with E-state index in [2.05, 4.69) is 5.32 Å². The predicted molar refractivity (Wildman–Crippen MR) is 122 cm³/mol. The highest BCUT2D eigenvalue weighted by atomic mass is 19.1. The summed E-state index contributed by atoms with van der Waals surface area (Å²) in [5.74, 6) is -3.10. The van der Waals surface area contributed by atoms with Gasteiger partial charge in [-0.1, -0.05) is 30.3 Å². The lowest BCUT2D eigenvalue weighted by Gasteiger charge is -2.34. The first-order valence-corrected chi connectivity index (χ1v) is 10.9. The second-order valence-corrected chi connectivity index (χ2v) is 8.58. The van der Waals surface area contributed by atoms with Gasteiger partial charge >= 0.3 is 0 Å². The SMILES string of the molecule is CC1=C(C(=O)N[C@H](c2cccc(F)c2)C2CC2=O)c2cc(F)cc(F)c2CN1c1ccccc1. The molecule has 1 aliphatic heterocycles. The molecular formula is C27H21F3N2O2. The first-order chi connectivity index (χ1) is 16.3. The summed E-state index contributed by atoms with van der Waals surface area (Å²) in [7, 11) is 0. The van der Waals surface area contributed by atoms with Crippen LogP contribution < -0.4 is 10.2 Å². The molecule has 3 aromatic carbocycles. The van der Waals surface area contributed by atoms with Crippen molar-refractivity contribution in [3.05, 3.63) is 107 Å². The van der Waals surface area contributed by atoms with Gasteiger partial charge in [0, 0.05) is 35.4 Å². The van der Waals surface area contributed by atoms with E-state index in [4.69, 9.17) is 0 Å². The normalized spacial score (nSPS) is 17.9. The number of para-hydroxylation sites is 1. The number of nitrogens with zero attached hydrogens (tertiary/aromatic N) is 1. The van der Waals surface area contributed by atoms with Crippen molar-refractivity contribution in [1.82, 2.24) is 5.32 Å². The van der Waals surface area contributed by atoms with Crippen molar-refractivity contribution in [2.24, 2.45) is 5.92 Å². The molecular weight excluding hydrogens is 441 g/mol. The van der Waals surface area contributed by atoms with E-state index >= 15 is 0 Å². The zero-order valence-electron chi connectivity index (χ0n) is 18.3. The number of ketones is 1. The Hall–Kier alpha value is -3.87. The summed E-state index contributed by atoms with van der Waals surface area (Å²) >= 11 is 0. The highest BCUT2D eigenvalue weighted by Crippen LogP contribution is 2.40. The Morgan fingerprint density at radius 2 is 1.74 bits per heavy atom. The predicted octanol–water partition coefficient (Wildman–Crippen LogP) is 5.30. The monoisotopic (exact) mass is 462 g/mol. The van der Waals surface area contributed by atoms with Crippen molar-refractivity contribution in [3.63, 3.8) is 0 Å². The first kappa shape index (κ1) is 21.9. The molecule has 1 fully saturated rings. The largest absolute Gasteiger partial charge is 0.344 e.